The van der Waals surface area contributed by atoms with Crippen molar-refractivity contribution in [3.8, 4) is 0 Å². The Hall–Kier alpha value is -0.790. The molecule has 0 amide bonds. The highest BCUT2D eigenvalue weighted by molar-refractivity contribution is 5.90. The molecular weight excluding hydrogens is 176 g/mol. The van der Waals surface area contributed by atoms with E-state index < -0.39 is 0 Å². The summed E-state index contributed by atoms with van der Waals surface area (Å²) in [7, 11) is 0. The third kappa shape index (κ3) is 3.52. The summed E-state index contributed by atoms with van der Waals surface area (Å²) in [4.78, 5) is 11.2. The van der Waals surface area contributed by atoms with Gasteiger partial charge in [0.2, 0.25) is 0 Å². The summed E-state index contributed by atoms with van der Waals surface area (Å²) in [5.41, 5.74) is 0.883. The number of ether oxygens (including phenoxy) is 1. The van der Waals surface area contributed by atoms with Crippen LogP contribution in [0.5, 0.6) is 0 Å². The quantitative estimate of drug-likeness (QED) is 0.481. The highest BCUT2D eigenvalue weighted by atomic mass is 16.5. The molecule has 0 N–H and O–H groups in total. The van der Waals surface area contributed by atoms with Crippen molar-refractivity contribution in [1.82, 2.24) is 0 Å². The molecule has 2 heteroatoms. The molecule has 1 aliphatic rings. The second kappa shape index (κ2) is 5.84. The zero-order valence-corrected chi connectivity index (χ0v) is 9.21. The second-order valence-electron chi connectivity index (χ2n) is 3.97. The maximum Gasteiger partial charge on any atom is 0.334 e. The van der Waals surface area contributed by atoms with Gasteiger partial charge in [0.05, 0.1) is 0 Å². The smallest absolute Gasteiger partial charge is 0.334 e. The summed E-state index contributed by atoms with van der Waals surface area (Å²) in [6.45, 7) is 4.11. The number of unbranched alkanes of at least 4 members (excludes halogenated alkanes) is 4. The monoisotopic (exact) mass is 196 g/mol. The molecule has 0 saturated heterocycles. The number of carbonyl (C=O) groups is 1. The van der Waals surface area contributed by atoms with E-state index in [1.54, 1.807) is 0 Å². The minimum Gasteiger partial charge on any atom is -0.455 e. The van der Waals surface area contributed by atoms with Gasteiger partial charge in [-0.05, 0) is 25.8 Å². The molecule has 0 spiro atoms. The van der Waals surface area contributed by atoms with Crippen molar-refractivity contribution >= 4 is 5.97 Å². The molecule has 14 heavy (non-hydrogen) atoms. The fourth-order valence-electron chi connectivity index (χ4n) is 1.73. The Morgan fingerprint density at radius 3 is 2.57 bits per heavy atom. The Balaban J connectivity index is 2.12. The van der Waals surface area contributed by atoms with Crippen LogP contribution in [0, 0.1) is 0 Å². The van der Waals surface area contributed by atoms with E-state index in [4.69, 9.17) is 4.74 Å². The third-order valence-electron chi connectivity index (χ3n) is 2.54. The van der Waals surface area contributed by atoms with E-state index in [-0.39, 0.29) is 12.1 Å². The van der Waals surface area contributed by atoms with Crippen LogP contribution < -0.4 is 0 Å². The zero-order chi connectivity index (χ0) is 10.4. The Bertz CT molecular complexity index is 218. The summed E-state index contributed by atoms with van der Waals surface area (Å²) < 4.78 is 5.02. The minimum atomic E-state index is -0.104. The Kier molecular flexibility index (Phi) is 4.71. The van der Waals surface area contributed by atoms with Gasteiger partial charge in [0.15, 0.2) is 0 Å². The Morgan fingerprint density at radius 1 is 1.29 bits per heavy atom. The van der Waals surface area contributed by atoms with Gasteiger partial charge in [0, 0.05) is 5.57 Å². The molecular formula is C12H20O2. The summed E-state index contributed by atoms with van der Waals surface area (Å²) in [6.07, 6.45) is 9.04. The molecule has 80 valence electrons. The highest BCUT2D eigenvalue weighted by Gasteiger charge is 2.20. The maximum absolute atomic E-state index is 11.2. The fraction of sp³-hybridized carbons (Fsp3) is 0.750. The van der Waals surface area contributed by atoms with E-state index in [2.05, 4.69) is 6.92 Å². The molecule has 0 unspecified atom stereocenters. The predicted octanol–water partition coefficient (Wildman–Crippen LogP) is 3.22. The molecule has 0 radical (unpaired) electrons. The third-order valence-corrected chi connectivity index (χ3v) is 2.54. The molecule has 0 fully saturated rings. The Morgan fingerprint density at radius 2 is 2.00 bits per heavy atom. The van der Waals surface area contributed by atoms with Crippen molar-refractivity contribution in [3.05, 3.63) is 11.6 Å². The normalized spacial score (nSPS) is 20.9. The van der Waals surface area contributed by atoms with Gasteiger partial charge < -0.3 is 4.74 Å². The van der Waals surface area contributed by atoms with Crippen molar-refractivity contribution < 1.29 is 9.53 Å². The van der Waals surface area contributed by atoms with Crippen LogP contribution in [-0.4, -0.2) is 12.1 Å². The van der Waals surface area contributed by atoms with E-state index in [1.807, 2.05) is 13.0 Å². The lowest BCUT2D eigenvalue weighted by atomic mass is 10.1. The van der Waals surface area contributed by atoms with E-state index in [9.17, 15) is 4.79 Å². The summed E-state index contributed by atoms with van der Waals surface area (Å²) in [5.74, 6) is -0.104. The van der Waals surface area contributed by atoms with Crippen LogP contribution in [-0.2, 0) is 9.53 Å². The van der Waals surface area contributed by atoms with Gasteiger partial charge in [-0.2, -0.15) is 0 Å². The van der Waals surface area contributed by atoms with Crippen molar-refractivity contribution in [3.63, 3.8) is 0 Å². The first-order valence-electron chi connectivity index (χ1n) is 5.65. The lowest BCUT2D eigenvalue weighted by Crippen LogP contribution is -2.03. The molecule has 0 aromatic heterocycles. The molecule has 2 nitrogen and oxygen atoms in total. The highest BCUT2D eigenvalue weighted by Crippen LogP contribution is 2.19. The van der Waals surface area contributed by atoms with E-state index in [1.165, 1.54) is 25.7 Å². The number of hydrogen-bond acceptors (Lipinski definition) is 2. The van der Waals surface area contributed by atoms with Gasteiger partial charge in [-0.1, -0.05) is 32.6 Å². The number of cyclic esters (lactones) is 1. The average molecular weight is 196 g/mol. The van der Waals surface area contributed by atoms with Crippen LogP contribution in [0.2, 0.25) is 0 Å². The SMILES string of the molecule is CCCCCCCC1=C[C@H](C)OC1=O. The van der Waals surface area contributed by atoms with Gasteiger partial charge >= 0.3 is 5.97 Å². The van der Waals surface area contributed by atoms with Gasteiger partial charge in [-0.3, -0.25) is 0 Å². The van der Waals surface area contributed by atoms with Gasteiger partial charge in [0.25, 0.3) is 0 Å². The van der Waals surface area contributed by atoms with Crippen LogP contribution in [0.1, 0.15) is 52.4 Å². The molecule has 0 aromatic rings. The summed E-state index contributed by atoms with van der Waals surface area (Å²) >= 11 is 0. The van der Waals surface area contributed by atoms with Crippen LogP contribution >= 0.6 is 0 Å². The molecule has 0 aromatic carbocycles. The topological polar surface area (TPSA) is 26.3 Å². The first-order chi connectivity index (χ1) is 6.74. The zero-order valence-electron chi connectivity index (χ0n) is 9.21. The predicted molar refractivity (Wildman–Crippen MR) is 57.0 cm³/mol. The second-order valence-corrected chi connectivity index (χ2v) is 3.97. The van der Waals surface area contributed by atoms with Gasteiger partial charge in [-0.15, -0.1) is 0 Å². The molecule has 0 bridgehead atoms. The average Bonchev–Trinajstić information content (AvgIpc) is 2.45. The van der Waals surface area contributed by atoms with Gasteiger partial charge in [0.1, 0.15) is 6.10 Å². The summed E-state index contributed by atoms with van der Waals surface area (Å²) in [6, 6.07) is 0. The molecule has 1 rings (SSSR count). The first kappa shape index (κ1) is 11.3. The van der Waals surface area contributed by atoms with Crippen LogP contribution in [0.3, 0.4) is 0 Å². The standard InChI is InChI=1S/C12H20O2/c1-3-4-5-6-7-8-11-9-10(2)14-12(11)13/h9-10H,3-8H2,1-2H3/t10-/m0/s1. The molecule has 0 saturated carbocycles. The Labute approximate surface area is 86.3 Å². The number of hydrogen-bond donors (Lipinski definition) is 0. The lowest BCUT2D eigenvalue weighted by Gasteiger charge is -2.00. The van der Waals surface area contributed by atoms with Crippen molar-refractivity contribution in [2.75, 3.05) is 0 Å². The van der Waals surface area contributed by atoms with Crippen LogP contribution in [0.15, 0.2) is 11.6 Å². The molecule has 1 atom stereocenters. The van der Waals surface area contributed by atoms with E-state index >= 15 is 0 Å². The maximum atomic E-state index is 11.2. The van der Waals surface area contributed by atoms with Crippen LogP contribution in [0.25, 0.3) is 0 Å². The van der Waals surface area contributed by atoms with E-state index in [0.717, 1.165) is 18.4 Å². The van der Waals surface area contributed by atoms with Crippen LogP contribution in [0.4, 0.5) is 0 Å². The van der Waals surface area contributed by atoms with Crippen molar-refractivity contribution in [2.24, 2.45) is 0 Å². The number of rotatable bonds is 6. The minimum absolute atomic E-state index is 0.00635. The fourth-order valence-corrected chi connectivity index (χ4v) is 1.73. The van der Waals surface area contributed by atoms with Crippen molar-refractivity contribution in [1.29, 1.82) is 0 Å². The number of esters is 1. The largest absolute Gasteiger partial charge is 0.455 e. The van der Waals surface area contributed by atoms with E-state index in [0.29, 0.717) is 0 Å². The van der Waals surface area contributed by atoms with Crippen molar-refractivity contribution in [2.45, 2.75) is 58.5 Å². The molecule has 1 heterocycles. The first-order valence-corrected chi connectivity index (χ1v) is 5.65. The number of carbonyl (C=O) groups excluding carboxylic acids is 1. The lowest BCUT2D eigenvalue weighted by molar-refractivity contribution is -0.139. The van der Waals surface area contributed by atoms with Gasteiger partial charge in [-0.25, -0.2) is 4.79 Å². The molecule has 1 aliphatic heterocycles. The molecule has 0 aliphatic carbocycles. The summed E-state index contributed by atoms with van der Waals surface area (Å²) in [5, 5.41) is 0.